The predicted octanol–water partition coefficient (Wildman–Crippen LogP) is 3.51. The van der Waals surface area contributed by atoms with Crippen LogP contribution in [0.3, 0.4) is 0 Å². The van der Waals surface area contributed by atoms with Crippen LogP contribution in [-0.4, -0.2) is 0 Å². The van der Waals surface area contributed by atoms with Gasteiger partial charge in [-0.15, -0.1) is 0 Å². The van der Waals surface area contributed by atoms with Crippen molar-refractivity contribution in [2.24, 2.45) is 0 Å². The van der Waals surface area contributed by atoms with Crippen molar-refractivity contribution in [2.45, 2.75) is 49.6 Å². The summed E-state index contributed by atoms with van der Waals surface area (Å²) in [5.74, 6) is 0. The summed E-state index contributed by atoms with van der Waals surface area (Å²) in [6.45, 7) is 2.28. The molecule has 0 bridgehead atoms. The molecule has 0 aliphatic heterocycles. The fraction of sp³-hybridized carbons (Fsp3) is 1.00. The normalized spacial score (nSPS) is 9.11. The molecule has 1 heteroatoms. The molecule has 0 spiro atoms. The Hall–Kier alpha value is 0.623. The van der Waals surface area contributed by atoms with Crippen LogP contribution in [0.1, 0.15) is 39.0 Å². The molecule has 0 N–H and O–H groups in total. The third-order valence-corrected chi connectivity index (χ3v) is 4.24. The van der Waals surface area contributed by atoms with Gasteiger partial charge in [0, 0.05) is 0 Å². The summed E-state index contributed by atoms with van der Waals surface area (Å²) in [5, 5.41) is 1.62. The minimum atomic E-state index is 0.0341. The molecule has 0 atom stereocenters. The molecular weight excluding hydrogens is 161 g/mol. The summed E-state index contributed by atoms with van der Waals surface area (Å²) in [5.41, 5.74) is 2.45. The van der Waals surface area contributed by atoms with Crippen LogP contribution in [0.4, 0.5) is 0 Å². The van der Waals surface area contributed by atoms with E-state index in [9.17, 15) is 0 Å². The Morgan fingerprint density at radius 1 is 1.00 bits per heavy atom. The molecule has 0 aromatic heterocycles. The van der Waals surface area contributed by atoms with Crippen molar-refractivity contribution in [3.05, 3.63) is 0 Å². The molecule has 0 heterocycles. The van der Waals surface area contributed by atoms with Gasteiger partial charge in [0.1, 0.15) is 0 Å². The van der Waals surface area contributed by atoms with Crippen molar-refractivity contribution in [1.29, 1.82) is 0 Å². The zero-order chi connectivity index (χ0) is 6.95. The average Bonchev–Trinajstić information content (AvgIpc) is 1.89. The molecule has 0 radical (unpaired) electrons. The van der Waals surface area contributed by atoms with E-state index < -0.39 is 0 Å². The van der Waals surface area contributed by atoms with Crippen LogP contribution in [0.5, 0.6) is 0 Å². The number of hydrogen-bond acceptors (Lipinski definition) is 0. The molecule has 0 aliphatic carbocycles. The summed E-state index contributed by atoms with van der Waals surface area (Å²) in [4.78, 5) is 0. The van der Waals surface area contributed by atoms with E-state index in [-0.39, 0.29) is 17.1 Å². The number of hydrogen-bond donors (Lipinski definition) is 0. The molecule has 0 rings (SSSR count). The molecule has 0 saturated heterocycles. The molecular formula is C8H18Zn. The second-order valence-corrected chi connectivity index (χ2v) is 6.35. The Balaban J connectivity index is 2.60. The van der Waals surface area contributed by atoms with E-state index in [1.807, 2.05) is 0 Å². The first-order valence-electron chi connectivity index (χ1n) is 4.41. The van der Waals surface area contributed by atoms with Crippen LogP contribution in [0.2, 0.25) is 10.5 Å². The summed E-state index contributed by atoms with van der Waals surface area (Å²) in [6.07, 6.45) is 7.37. The van der Waals surface area contributed by atoms with E-state index >= 15 is 0 Å². The van der Waals surface area contributed by atoms with E-state index in [0.717, 1.165) is 0 Å². The molecule has 0 fully saturated rings. The monoisotopic (exact) mass is 178 g/mol. The van der Waals surface area contributed by atoms with Gasteiger partial charge in [0.15, 0.2) is 0 Å². The van der Waals surface area contributed by atoms with E-state index in [1.165, 1.54) is 32.1 Å². The minimum absolute atomic E-state index is 0.0341. The Labute approximate surface area is 67.0 Å². The Bertz CT molecular complexity index is 37.8. The van der Waals surface area contributed by atoms with Crippen LogP contribution in [0.25, 0.3) is 0 Å². The van der Waals surface area contributed by atoms with E-state index in [0.29, 0.717) is 0 Å². The SMILES string of the molecule is CCCCCC[CH2][Zn][CH3]. The van der Waals surface area contributed by atoms with E-state index in [2.05, 4.69) is 12.4 Å². The van der Waals surface area contributed by atoms with Crippen LogP contribution in [-0.2, 0) is 17.1 Å². The van der Waals surface area contributed by atoms with Gasteiger partial charge in [-0.1, -0.05) is 0 Å². The van der Waals surface area contributed by atoms with Gasteiger partial charge in [-0.05, 0) is 0 Å². The van der Waals surface area contributed by atoms with Crippen LogP contribution in [0.15, 0.2) is 0 Å². The van der Waals surface area contributed by atoms with Gasteiger partial charge in [-0.3, -0.25) is 0 Å². The Morgan fingerprint density at radius 2 is 1.67 bits per heavy atom. The van der Waals surface area contributed by atoms with Gasteiger partial charge in [-0.2, -0.15) is 0 Å². The van der Waals surface area contributed by atoms with E-state index in [4.69, 9.17) is 0 Å². The van der Waals surface area contributed by atoms with Gasteiger partial charge in [0.25, 0.3) is 0 Å². The second kappa shape index (κ2) is 8.62. The number of unbranched alkanes of at least 4 members (excludes halogenated alkanes) is 4. The summed E-state index contributed by atoms with van der Waals surface area (Å²) in [6, 6.07) is 0. The molecule has 0 nitrogen and oxygen atoms in total. The third-order valence-electron chi connectivity index (χ3n) is 1.71. The van der Waals surface area contributed by atoms with Crippen LogP contribution in [0, 0.1) is 0 Å². The first kappa shape index (κ1) is 9.62. The molecule has 52 valence electrons. The van der Waals surface area contributed by atoms with Crippen LogP contribution < -0.4 is 0 Å². The molecule has 0 aromatic carbocycles. The quantitative estimate of drug-likeness (QED) is 0.433. The van der Waals surface area contributed by atoms with Gasteiger partial charge in [0.05, 0.1) is 0 Å². The molecule has 0 amide bonds. The van der Waals surface area contributed by atoms with Crippen molar-refractivity contribution in [1.82, 2.24) is 0 Å². The van der Waals surface area contributed by atoms with Gasteiger partial charge >= 0.3 is 66.7 Å². The molecule has 0 saturated carbocycles. The average molecular weight is 180 g/mol. The van der Waals surface area contributed by atoms with Crippen molar-refractivity contribution < 1.29 is 17.1 Å². The van der Waals surface area contributed by atoms with Crippen molar-refractivity contribution in [3.63, 3.8) is 0 Å². The third kappa shape index (κ3) is 8.62. The number of rotatable bonds is 6. The summed E-state index contributed by atoms with van der Waals surface area (Å²) in [7, 11) is 0. The standard InChI is InChI=1S/C7H15.CH3.Zn/c1-3-5-7-6-4-2;;/h1,3-7H2,2H3;1H3;. The molecule has 9 heavy (non-hydrogen) atoms. The predicted molar refractivity (Wildman–Crippen MR) is 39.4 cm³/mol. The van der Waals surface area contributed by atoms with Crippen molar-refractivity contribution in [2.75, 3.05) is 0 Å². The first-order valence-corrected chi connectivity index (χ1v) is 9.48. The summed E-state index contributed by atoms with van der Waals surface area (Å²) < 4.78 is 0. The van der Waals surface area contributed by atoms with Gasteiger partial charge in [0.2, 0.25) is 0 Å². The molecule has 0 aromatic rings. The van der Waals surface area contributed by atoms with Crippen LogP contribution >= 0.6 is 0 Å². The van der Waals surface area contributed by atoms with Crippen molar-refractivity contribution >= 4 is 0 Å². The molecule has 0 unspecified atom stereocenters. The van der Waals surface area contributed by atoms with Gasteiger partial charge in [-0.25, -0.2) is 0 Å². The Morgan fingerprint density at radius 3 is 2.22 bits per heavy atom. The maximum atomic E-state index is 2.45. The van der Waals surface area contributed by atoms with Gasteiger partial charge < -0.3 is 0 Å². The zero-order valence-electron chi connectivity index (χ0n) is 6.95. The Kier molecular flexibility index (Phi) is 9.22. The first-order chi connectivity index (χ1) is 4.41. The fourth-order valence-electron chi connectivity index (χ4n) is 1.03. The van der Waals surface area contributed by atoms with Crippen molar-refractivity contribution in [3.8, 4) is 0 Å². The second-order valence-electron chi connectivity index (χ2n) is 2.77. The van der Waals surface area contributed by atoms with E-state index in [1.54, 1.807) is 5.02 Å². The fourth-order valence-corrected chi connectivity index (χ4v) is 2.82. The zero-order valence-corrected chi connectivity index (χ0v) is 9.92. The molecule has 0 aliphatic rings. The maximum absolute atomic E-state index is 2.45. The summed E-state index contributed by atoms with van der Waals surface area (Å²) >= 11 is 0.0341. The topological polar surface area (TPSA) is 0 Å².